The summed E-state index contributed by atoms with van der Waals surface area (Å²) in [5.74, 6) is -0.244. The molecular formula is C22H18N2O2S. The highest BCUT2D eigenvalue weighted by atomic mass is 32.2. The maximum absolute atomic E-state index is 12.7. The minimum atomic E-state index is -1.54. The lowest BCUT2D eigenvalue weighted by Crippen LogP contribution is -2.45. The van der Waals surface area contributed by atoms with Gasteiger partial charge >= 0.3 is 0 Å². The Morgan fingerprint density at radius 3 is 2.07 bits per heavy atom. The molecule has 1 heterocycles. The normalized spacial score (nSPS) is 21.5. The largest absolute Gasteiger partial charge is 0.363 e. The van der Waals surface area contributed by atoms with Crippen molar-refractivity contribution in [2.75, 3.05) is 0 Å². The van der Waals surface area contributed by atoms with Crippen LogP contribution in [0.5, 0.6) is 0 Å². The maximum Gasteiger partial charge on any atom is 0.252 e. The number of hydrogen-bond donors (Lipinski definition) is 2. The molecule has 0 fully saturated rings. The number of nitrogens with zero attached hydrogens (tertiary/aromatic N) is 1. The standard InChI is InChI=1S/C22H18N2O2S/c25-19(16-10-4-1-5-11-16)23-21-22(26,18-14-8-3-9-15-18)24-20(27-21)17-12-6-2-7-13-17/h1-15,21,26H,(H,23,25)/t21-,22-/m1/s1. The van der Waals surface area contributed by atoms with Gasteiger partial charge in [0.05, 0.1) is 0 Å². The van der Waals surface area contributed by atoms with E-state index in [9.17, 15) is 9.90 Å². The second-order valence-electron chi connectivity index (χ2n) is 6.21. The molecule has 1 aliphatic rings. The summed E-state index contributed by atoms with van der Waals surface area (Å²) in [6.07, 6.45) is 0. The lowest BCUT2D eigenvalue weighted by atomic mass is 10.0. The second kappa shape index (κ2) is 7.39. The monoisotopic (exact) mass is 374 g/mol. The minimum absolute atomic E-state index is 0.244. The van der Waals surface area contributed by atoms with Gasteiger partial charge in [-0.1, -0.05) is 90.6 Å². The fourth-order valence-corrected chi connectivity index (χ4v) is 4.17. The lowest BCUT2D eigenvalue weighted by Gasteiger charge is -2.27. The predicted molar refractivity (Wildman–Crippen MR) is 109 cm³/mol. The highest BCUT2D eigenvalue weighted by Crippen LogP contribution is 2.41. The summed E-state index contributed by atoms with van der Waals surface area (Å²) in [7, 11) is 0. The Hall–Kier alpha value is -2.89. The predicted octanol–water partition coefficient (Wildman–Crippen LogP) is 3.78. The summed E-state index contributed by atoms with van der Waals surface area (Å²) in [6, 6.07) is 27.9. The van der Waals surface area contributed by atoms with Gasteiger partial charge in [-0.15, -0.1) is 0 Å². The average Bonchev–Trinajstić information content (AvgIpc) is 3.07. The van der Waals surface area contributed by atoms with Crippen LogP contribution < -0.4 is 5.32 Å². The molecule has 27 heavy (non-hydrogen) atoms. The zero-order valence-electron chi connectivity index (χ0n) is 14.4. The summed E-state index contributed by atoms with van der Waals surface area (Å²) >= 11 is 1.36. The van der Waals surface area contributed by atoms with Gasteiger partial charge in [0, 0.05) is 16.7 Å². The summed E-state index contributed by atoms with van der Waals surface area (Å²) in [6.45, 7) is 0. The molecule has 0 saturated carbocycles. The third-order valence-corrected chi connectivity index (χ3v) is 5.62. The van der Waals surface area contributed by atoms with E-state index in [0.717, 1.165) is 5.56 Å². The number of hydrogen-bond acceptors (Lipinski definition) is 4. The Labute approximate surface area is 162 Å². The number of nitrogens with one attached hydrogen (secondary N) is 1. The van der Waals surface area contributed by atoms with Crippen molar-refractivity contribution in [1.29, 1.82) is 0 Å². The molecule has 134 valence electrons. The number of amides is 1. The zero-order valence-corrected chi connectivity index (χ0v) is 15.3. The van der Waals surface area contributed by atoms with E-state index in [1.165, 1.54) is 11.8 Å². The first-order chi connectivity index (χ1) is 13.2. The van der Waals surface area contributed by atoms with Crippen LogP contribution in [0.15, 0.2) is 96.0 Å². The van der Waals surface area contributed by atoms with Gasteiger partial charge in [0.15, 0.2) is 0 Å². The number of thioether (sulfide) groups is 1. The van der Waals surface area contributed by atoms with Crippen molar-refractivity contribution in [3.05, 3.63) is 108 Å². The molecule has 1 amide bonds. The van der Waals surface area contributed by atoms with Crippen LogP contribution in [0.2, 0.25) is 0 Å². The van der Waals surface area contributed by atoms with E-state index in [-0.39, 0.29) is 5.91 Å². The van der Waals surface area contributed by atoms with E-state index in [1.807, 2.05) is 78.9 Å². The van der Waals surface area contributed by atoms with E-state index in [2.05, 4.69) is 10.3 Å². The Morgan fingerprint density at radius 1 is 0.889 bits per heavy atom. The fraction of sp³-hybridized carbons (Fsp3) is 0.0909. The van der Waals surface area contributed by atoms with Crippen LogP contribution in [0.3, 0.4) is 0 Å². The number of benzene rings is 3. The molecular weight excluding hydrogens is 356 g/mol. The van der Waals surface area contributed by atoms with Gasteiger partial charge in [0.25, 0.3) is 5.91 Å². The van der Waals surface area contributed by atoms with Gasteiger partial charge in [0.1, 0.15) is 10.4 Å². The molecule has 5 heteroatoms. The van der Waals surface area contributed by atoms with Gasteiger partial charge in [-0.2, -0.15) is 0 Å². The molecule has 2 N–H and O–H groups in total. The van der Waals surface area contributed by atoms with Crippen molar-refractivity contribution in [1.82, 2.24) is 5.32 Å². The first-order valence-electron chi connectivity index (χ1n) is 8.62. The number of carbonyl (C=O) groups excluding carboxylic acids is 1. The number of aliphatic imine (C=N–C) groups is 1. The molecule has 0 radical (unpaired) electrons. The van der Waals surface area contributed by atoms with Crippen molar-refractivity contribution in [3.8, 4) is 0 Å². The van der Waals surface area contributed by atoms with Crippen LogP contribution >= 0.6 is 11.8 Å². The topological polar surface area (TPSA) is 61.7 Å². The van der Waals surface area contributed by atoms with E-state index < -0.39 is 11.1 Å². The summed E-state index contributed by atoms with van der Waals surface area (Å²) in [5.41, 5.74) is 0.554. The van der Waals surface area contributed by atoms with Gasteiger partial charge in [0.2, 0.25) is 5.72 Å². The molecule has 3 aromatic rings. The van der Waals surface area contributed by atoms with Gasteiger partial charge < -0.3 is 10.4 Å². The van der Waals surface area contributed by atoms with Crippen LogP contribution in [0.25, 0.3) is 0 Å². The fourth-order valence-electron chi connectivity index (χ4n) is 2.97. The number of aliphatic hydroxyl groups is 1. The SMILES string of the molecule is O=C(N[C@@H]1SC(c2ccccc2)=N[C@@]1(O)c1ccccc1)c1ccccc1. The van der Waals surface area contributed by atoms with E-state index in [1.54, 1.807) is 12.1 Å². The van der Waals surface area contributed by atoms with Gasteiger partial charge in [-0.05, 0) is 12.1 Å². The summed E-state index contributed by atoms with van der Waals surface area (Å²) in [5, 5.41) is 14.4. The Kier molecular flexibility index (Phi) is 4.79. The molecule has 0 aliphatic carbocycles. The van der Waals surface area contributed by atoms with Crippen LogP contribution in [0.1, 0.15) is 21.5 Å². The summed E-state index contributed by atoms with van der Waals surface area (Å²) in [4.78, 5) is 17.3. The molecule has 1 aliphatic heterocycles. The molecule has 0 spiro atoms. The maximum atomic E-state index is 12.7. The number of carbonyl (C=O) groups is 1. The quantitative estimate of drug-likeness (QED) is 0.731. The Balaban J connectivity index is 1.69. The molecule has 0 aromatic heterocycles. The van der Waals surface area contributed by atoms with E-state index in [4.69, 9.17) is 0 Å². The first kappa shape index (κ1) is 17.5. The molecule has 0 bridgehead atoms. The van der Waals surface area contributed by atoms with Gasteiger partial charge in [-0.3, -0.25) is 4.79 Å². The van der Waals surface area contributed by atoms with Crippen LogP contribution in [0, 0.1) is 0 Å². The van der Waals surface area contributed by atoms with Crippen molar-refractivity contribution in [2.24, 2.45) is 4.99 Å². The van der Waals surface area contributed by atoms with Gasteiger partial charge in [-0.25, -0.2) is 4.99 Å². The lowest BCUT2D eigenvalue weighted by molar-refractivity contribution is 0.0361. The smallest absolute Gasteiger partial charge is 0.252 e. The second-order valence-corrected chi connectivity index (χ2v) is 7.31. The number of rotatable bonds is 4. The van der Waals surface area contributed by atoms with E-state index in [0.29, 0.717) is 16.2 Å². The average molecular weight is 374 g/mol. The van der Waals surface area contributed by atoms with Crippen molar-refractivity contribution in [3.63, 3.8) is 0 Å². The molecule has 0 saturated heterocycles. The third kappa shape index (κ3) is 3.52. The highest BCUT2D eigenvalue weighted by Gasteiger charge is 2.46. The Bertz CT molecular complexity index is 961. The Morgan fingerprint density at radius 2 is 1.44 bits per heavy atom. The third-order valence-electron chi connectivity index (χ3n) is 4.38. The molecule has 2 atom stereocenters. The highest BCUT2D eigenvalue weighted by molar-refractivity contribution is 8.15. The van der Waals surface area contributed by atoms with Crippen molar-refractivity contribution < 1.29 is 9.90 Å². The van der Waals surface area contributed by atoms with Crippen molar-refractivity contribution >= 4 is 22.7 Å². The molecule has 3 aromatic carbocycles. The minimum Gasteiger partial charge on any atom is -0.363 e. The molecule has 4 nitrogen and oxygen atoms in total. The van der Waals surface area contributed by atoms with E-state index >= 15 is 0 Å². The molecule has 0 unspecified atom stereocenters. The zero-order chi connectivity index (χ0) is 18.7. The van der Waals surface area contributed by atoms with Crippen LogP contribution in [-0.4, -0.2) is 21.4 Å². The molecule has 4 rings (SSSR count). The summed E-state index contributed by atoms with van der Waals surface area (Å²) < 4.78 is 0. The van der Waals surface area contributed by atoms with Crippen LogP contribution in [0.4, 0.5) is 0 Å². The first-order valence-corrected chi connectivity index (χ1v) is 9.50. The van der Waals surface area contributed by atoms with Crippen LogP contribution in [-0.2, 0) is 5.72 Å². The van der Waals surface area contributed by atoms with Crippen molar-refractivity contribution in [2.45, 2.75) is 11.1 Å².